The number of methoxy groups -OCH3 is 1. The van der Waals surface area contributed by atoms with E-state index in [0.29, 0.717) is 27.2 Å². The van der Waals surface area contributed by atoms with Gasteiger partial charge in [-0.2, -0.15) is 13.9 Å². The van der Waals surface area contributed by atoms with E-state index >= 15 is 0 Å². The van der Waals surface area contributed by atoms with Crippen LogP contribution in [-0.2, 0) is 4.74 Å². The molecule has 1 aromatic carbocycles. The number of anilines is 1. The number of alkyl halides is 2. The molecule has 2 aromatic heterocycles. The number of benzene rings is 1. The first-order chi connectivity index (χ1) is 14.7. The molecule has 0 aliphatic rings. The van der Waals surface area contributed by atoms with Gasteiger partial charge in [0.25, 0.3) is 5.56 Å². The maximum absolute atomic E-state index is 13.5. The summed E-state index contributed by atoms with van der Waals surface area (Å²) in [6, 6.07) is 4.74. The number of carbonyl (C=O) groups excluding carboxylic acids is 1. The van der Waals surface area contributed by atoms with Crippen LogP contribution in [0.3, 0.4) is 0 Å². The number of nitrogens with zero attached hydrogens (tertiary/aromatic N) is 3. The van der Waals surface area contributed by atoms with Crippen molar-refractivity contribution in [3.05, 3.63) is 57.6 Å². The first kappa shape index (κ1) is 22.0. The van der Waals surface area contributed by atoms with Crippen LogP contribution in [0.2, 0.25) is 0 Å². The van der Waals surface area contributed by atoms with Crippen molar-refractivity contribution in [2.24, 2.45) is 0 Å². The molecule has 2 heterocycles. The van der Waals surface area contributed by atoms with Crippen LogP contribution in [0.15, 0.2) is 35.4 Å². The molecule has 164 valence electrons. The van der Waals surface area contributed by atoms with E-state index in [2.05, 4.69) is 5.10 Å². The van der Waals surface area contributed by atoms with E-state index in [1.807, 2.05) is 0 Å². The van der Waals surface area contributed by atoms with E-state index in [4.69, 9.17) is 15.2 Å². The molecule has 0 saturated carbocycles. The zero-order valence-corrected chi connectivity index (χ0v) is 17.5. The molecule has 3 rings (SSSR count). The zero-order valence-electron chi connectivity index (χ0n) is 17.5. The molecule has 0 saturated heterocycles. The molecule has 0 bridgehead atoms. The smallest absolute Gasteiger partial charge is 0.341 e. The van der Waals surface area contributed by atoms with Crippen LogP contribution >= 0.6 is 0 Å². The summed E-state index contributed by atoms with van der Waals surface area (Å²) in [7, 11) is 1.49. The van der Waals surface area contributed by atoms with Crippen molar-refractivity contribution >= 4 is 11.8 Å². The van der Waals surface area contributed by atoms with Gasteiger partial charge in [0.2, 0.25) is 0 Å². The van der Waals surface area contributed by atoms with Crippen molar-refractivity contribution < 1.29 is 23.0 Å². The van der Waals surface area contributed by atoms with E-state index in [1.165, 1.54) is 17.7 Å². The predicted octanol–water partition coefficient (Wildman–Crippen LogP) is 3.48. The van der Waals surface area contributed by atoms with Crippen molar-refractivity contribution in [2.45, 2.75) is 27.3 Å². The van der Waals surface area contributed by atoms with Crippen molar-refractivity contribution in [2.75, 3.05) is 19.5 Å². The van der Waals surface area contributed by atoms with E-state index in [1.54, 1.807) is 32.9 Å². The molecular formula is C21H22F2N4O4. The summed E-state index contributed by atoms with van der Waals surface area (Å²) in [5, 5.41) is 3.58. The molecule has 3 aromatic rings. The molecule has 0 fully saturated rings. The molecule has 0 unspecified atom stereocenters. The lowest BCUT2D eigenvalue weighted by atomic mass is 10.0. The van der Waals surface area contributed by atoms with Crippen LogP contribution < -0.4 is 16.0 Å². The first-order valence-electron chi connectivity index (χ1n) is 9.41. The third kappa shape index (κ3) is 3.88. The predicted molar refractivity (Wildman–Crippen MR) is 111 cm³/mol. The Morgan fingerprint density at radius 1 is 1.29 bits per heavy atom. The van der Waals surface area contributed by atoms with Crippen molar-refractivity contribution in [1.29, 1.82) is 0 Å². The normalized spacial score (nSPS) is 11.1. The van der Waals surface area contributed by atoms with Crippen LogP contribution in [0.1, 0.15) is 35.0 Å². The Morgan fingerprint density at radius 2 is 2.00 bits per heavy atom. The number of esters is 1. The Bertz CT molecular complexity index is 1200. The minimum atomic E-state index is -2.88. The van der Waals surface area contributed by atoms with Crippen molar-refractivity contribution in [1.82, 2.24) is 14.3 Å². The van der Waals surface area contributed by atoms with Gasteiger partial charge in [-0.25, -0.2) is 9.48 Å². The first-order valence-corrected chi connectivity index (χ1v) is 9.41. The molecule has 8 nitrogen and oxygen atoms in total. The number of ether oxygens (including phenoxy) is 2. The van der Waals surface area contributed by atoms with E-state index in [9.17, 15) is 18.4 Å². The molecule has 2 N–H and O–H groups in total. The lowest BCUT2D eigenvalue weighted by Gasteiger charge is -2.20. The molecule has 0 radical (unpaired) electrons. The number of nitrogen functional groups attached to an aromatic ring is 1. The highest BCUT2D eigenvalue weighted by Crippen LogP contribution is 2.31. The van der Waals surface area contributed by atoms with Gasteiger partial charge in [-0.1, -0.05) is 6.07 Å². The molecule has 0 atom stereocenters. The number of carbonyl (C=O) groups is 1. The highest BCUT2D eigenvalue weighted by atomic mass is 19.3. The largest absolute Gasteiger partial charge is 0.496 e. The van der Waals surface area contributed by atoms with Gasteiger partial charge in [0.05, 0.1) is 31.2 Å². The molecule has 0 aliphatic carbocycles. The SMILES string of the molecule is CCOC(=O)c1cc(-c2cnn(C(F)F)c2)c(=O)n(-c2c(C)ccc(OC)c2C)c1N. The second kappa shape index (κ2) is 8.58. The third-order valence-electron chi connectivity index (χ3n) is 4.87. The molecule has 0 amide bonds. The number of hydrogen-bond acceptors (Lipinski definition) is 6. The van der Waals surface area contributed by atoms with Gasteiger partial charge in [-0.3, -0.25) is 9.36 Å². The number of hydrogen-bond donors (Lipinski definition) is 1. The summed E-state index contributed by atoms with van der Waals surface area (Å²) in [4.78, 5) is 26.0. The molecular weight excluding hydrogens is 410 g/mol. The summed E-state index contributed by atoms with van der Waals surface area (Å²) in [6.45, 7) is 2.37. The number of nitrogens with two attached hydrogens (primary N) is 1. The second-order valence-corrected chi connectivity index (χ2v) is 6.76. The van der Waals surface area contributed by atoms with Crippen LogP contribution in [0.25, 0.3) is 16.8 Å². The average molecular weight is 432 g/mol. The van der Waals surface area contributed by atoms with E-state index in [-0.39, 0.29) is 29.1 Å². The zero-order chi connectivity index (χ0) is 22.9. The fourth-order valence-corrected chi connectivity index (χ4v) is 3.40. The number of rotatable bonds is 6. The number of pyridine rings is 1. The molecule has 10 heteroatoms. The maximum atomic E-state index is 13.5. The summed E-state index contributed by atoms with van der Waals surface area (Å²) >= 11 is 0. The van der Waals surface area contributed by atoms with Crippen LogP contribution in [-0.4, -0.2) is 34.0 Å². The number of aromatic nitrogens is 3. The van der Waals surface area contributed by atoms with Gasteiger partial charge >= 0.3 is 12.5 Å². The number of halogens is 2. The monoisotopic (exact) mass is 432 g/mol. The Balaban J connectivity index is 2.40. The summed E-state index contributed by atoms with van der Waals surface area (Å²) < 4.78 is 38.1. The van der Waals surface area contributed by atoms with Gasteiger partial charge in [-0.15, -0.1) is 0 Å². The van der Waals surface area contributed by atoms with E-state index < -0.39 is 18.1 Å². The van der Waals surface area contributed by atoms with Crippen molar-refractivity contribution in [3.8, 4) is 22.6 Å². The third-order valence-corrected chi connectivity index (χ3v) is 4.87. The van der Waals surface area contributed by atoms with E-state index in [0.717, 1.165) is 12.4 Å². The fraction of sp³-hybridized carbons (Fsp3) is 0.286. The van der Waals surface area contributed by atoms with Gasteiger partial charge in [0.15, 0.2) is 0 Å². The summed E-state index contributed by atoms with van der Waals surface area (Å²) in [6.07, 6.45) is 2.16. The average Bonchev–Trinajstić information content (AvgIpc) is 3.21. The molecule has 0 aliphatic heterocycles. The Hall–Kier alpha value is -3.69. The minimum absolute atomic E-state index is 0.0224. The second-order valence-electron chi connectivity index (χ2n) is 6.76. The van der Waals surface area contributed by atoms with Crippen LogP contribution in [0.5, 0.6) is 5.75 Å². The van der Waals surface area contributed by atoms with Crippen LogP contribution in [0, 0.1) is 13.8 Å². The van der Waals surface area contributed by atoms with Crippen LogP contribution in [0.4, 0.5) is 14.6 Å². The lowest BCUT2D eigenvalue weighted by molar-refractivity contribution is 0.0526. The van der Waals surface area contributed by atoms with Gasteiger partial charge < -0.3 is 15.2 Å². The standard InChI is InChI=1S/C21H22F2N4O4/c1-5-31-20(29)15-8-14(13-9-25-26(10-13)21(22)23)19(28)27(18(15)24)17-11(2)6-7-16(30-4)12(17)3/h6-10,21H,5,24H2,1-4H3. The van der Waals surface area contributed by atoms with Crippen molar-refractivity contribution in [3.63, 3.8) is 0 Å². The summed E-state index contributed by atoms with van der Waals surface area (Å²) in [5.74, 6) is -0.358. The summed E-state index contributed by atoms with van der Waals surface area (Å²) in [5.41, 5.74) is 7.42. The highest BCUT2D eigenvalue weighted by molar-refractivity contribution is 5.96. The fourth-order valence-electron chi connectivity index (χ4n) is 3.40. The van der Waals surface area contributed by atoms with Gasteiger partial charge in [0.1, 0.15) is 17.1 Å². The molecule has 0 spiro atoms. The topological polar surface area (TPSA) is 101 Å². The Morgan fingerprint density at radius 3 is 2.58 bits per heavy atom. The lowest BCUT2D eigenvalue weighted by Crippen LogP contribution is -2.27. The quantitative estimate of drug-likeness (QED) is 0.599. The Labute approximate surface area is 176 Å². The molecule has 31 heavy (non-hydrogen) atoms. The van der Waals surface area contributed by atoms with Gasteiger partial charge in [0, 0.05) is 17.3 Å². The maximum Gasteiger partial charge on any atom is 0.341 e. The minimum Gasteiger partial charge on any atom is -0.496 e. The van der Waals surface area contributed by atoms with Gasteiger partial charge in [-0.05, 0) is 38.5 Å². The highest BCUT2D eigenvalue weighted by Gasteiger charge is 2.24. The number of aryl methyl sites for hydroxylation is 1. The Kier molecular flexibility index (Phi) is 6.09.